The first-order valence-electron chi connectivity index (χ1n) is 8.23. The maximum Gasteiger partial charge on any atom is 0.226 e. The molecule has 2 aromatic heterocycles. The first-order valence-corrected chi connectivity index (χ1v) is 9.21. The first kappa shape index (κ1) is 15.9. The summed E-state index contributed by atoms with van der Waals surface area (Å²) in [5, 5.41) is 9.04. The Balaban J connectivity index is 1.72. The minimum absolute atomic E-state index is 0.599. The molecule has 0 spiro atoms. The van der Waals surface area contributed by atoms with E-state index < -0.39 is 0 Å². The van der Waals surface area contributed by atoms with Gasteiger partial charge in [-0.3, -0.25) is 4.57 Å². The Morgan fingerprint density at radius 1 is 1.00 bits per heavy atom. The van der Waals surface area contributed by atoms with Crippen molar-refractivity contribution in [3.63, 3.8) is 0 Å². The van der Waals surface area contributed by atoms with Gasteiger partial charge < -0.3 is 4.42 Å². The summed E-state index contributed by atoms with van der Waals surface area (Å²) in [6, 6.07) is 16.6. The Hall–Kier alpha value is -2.60. The summed E-state index contributed by atoms with van der Waals surface area (Å²) in [5.74, 6) is 1.90. The molecule has 4 aromatic rings. The molecule has 25 heavy (non-hydrogen) atoms. The zero-order valence-electron chi connectivity index (χ0n) is 14.1. The van der Waals surface area contributed by atoms with Crippen molar-refractivity contribution in [1.29, 1.82) is 0 Å². The van der Waals surface area contributed by atoms with E-state index >= 15 is 0 Å². The number of aryl methyl sites for hydroxylation is 2. The molecular weight excluding hydrogens is 332 g/mol. The van der Waals surface area contributed by atoms with E-state index in [0.29, 0.717) is 17.5 Å². The number of thioether (sulfide) groups is 1. The molecule has 0 aliphatic carbocycles. The monoisotopic (exact) mass is 350 g/mol. The topological polar surface area (TPSA) is 56.7 Å². The molecule has 0 atom stereocenters. The number of fused-ring (bicyclic) bond motifs is 1. The Kier molecular flexibility index (Phi) is 4.28. The summed E-state index contributed by atoms with van der Waals surface area (Å²) >= 11 is 1.60. The van der Waals surface area contributed by atoms with E-state index in [4.69, 9.17) is 9.40 Å². The minimum atomic E-state index is 0.599. The number of aromatic nitrogens is 4. The van der Waals surface area contributed by atoms with Crippen LogP contribution in [0, 0.1) is 6.92 Å². The van der Waals surface area contributed by atoms with Crippen molar-refractivity contribution in [2.75, 3.05) is 0 Å². The number of rotatable bonds is 5. The van der Waals surface area contributed by atoms with Crippen LogP contribution in [0.25, 0.3) is 16.7 Å². The number of hydrogen-bond donors (Lipinski definition) is 0. The van der Waals surface area contributed by atoms with Crippen molar-refractivity contribution in [3.05, 3.63) is 65.9 Å². The van der Waals surface area contributed by atoms with Crippen LogP contribution in [0.1, 0.15) is 24.3 Å². The smallest absolute Gasteiger partial charge is 0.226 e. The van der Waals surface area contributed by atoms with Gasteiger partial charge in [-0.05, 0) is 31.2 Å². The van der Waals surface area contributed by atoms with Crippen LogP contribution < -0.4 is 0 Å². The summed E-state index contributed by atoms with van der Waals surface area (Å²) in [6.45, 7) is 4.09. The Morgan fingerprint density at radius 3 is 2.52 bits per heavy atom. The van der Waals surface area contributed by atoms with Gasteiger partial charge in [-0.15, -0.1) is 10.2 Å². The normalized spacial score (nSPS) is 11.3. The summed E-state index contributed by atoms with van der Waals surface area (Å²) in [7, 11) is 0. The largest absolute Gasteiger partial charge is 0.424 e. The summed E-state index contributed by atoms with van der Waals surface area (Å²) < 4.78 is 7.79. The van der Waals surface area contributed by atoms with Gasteiger partial charge in [0.2, 0.25) is 11.8 Å². The molecule has 0 N–H and O–H groups in total. The molecule has 4 rings (SSSR count). The number of nitrogens with zero attached hydrogens (tertiary/aromatic N) is 4. The second-order valence-corrected chi connectivity index (χ2v) is 6.73. The highest BCUT2D eigenvalue weighted by Crippen LogP contribution is 2.29. The number of para-hydroxylation sites is 2. The number of hydrogen-bond acceptors (Lipinski definition) is 5. The molecule has 2 heterocycles. The van der Waals surface area contributed by atoms with Crippen LogP contribution in [0.15, 0.2) is 58.1 Å². The van der Waals surface area contributed by atoms with Gasteiger partial charge in [-0.1, -0.05) is 48.5 Å². The maximum absolute atomic E-state index is 5.61. The predicted molar refractivity (Wildman–Crippen MR) is 99.0 cm³/mol. The molecule has 0 saturated heterocycles. The van der Waals surface area contributed by atoms with E-state index in [9.17, 15) is 0 Å². The third kappa shape index (κ3) is 3.17. The van der Waals surface area contributed by atoms with E-state index in [-0.39, 0.29) is 0 Å². The SMILES string of the molecule is CCc1nnc(CSc2nc3ccccc3n2-c2ccc(C)cc2)o1. The zero-order chi connectivity index (χ0) is 17.2. The van der Waals surface area contributed by atoms with Gasteiger partial charge in [-0.25, -0.2) is 4.98 Å². The fourth-order valence-electron chi connectivity index (χ4n) is 2.66. The lowest BCUT2D eigenvalue weighted by Crippen LogP contribution is -1.97. The zero-order valence-corrected chi connectivity index (χ0v) is 15.0. The van der Waals surface area contributed by atoms with E-state index in [1.165, 1.54) is 5.56 Å². The van der Waals surface area contributed by atoms with Crippen molar-refractivity contribution in [1.82, 2.24) is 19.7 Å². The molecule has 126 valence electrons. The van der Waals surface area contributed by atoms with Gasteiger partial charge in [0, 0.05) is 12.1 Å². The molecule has 0 fully saturated rings. The summed E-state index contributed by atoms with van der Waals surface area (Å²) in [4.78, 5) is 4.79. The van der Waals surface area contributed by atoms with Crippen LogP contribution in [-0.4, -0.2) is 19.7 Å². The highest BCUT2D eigenvalue weighted by atomic mass is 32.2. The summed E-state index contributed by atoms with van der Waals surface area (Å²) in [6.07, 6.45) is 0.750. The van der Waals surface area contributed by atoms with Crippen molar-refractivity contribution >= 4 is 22.8 Å². The highest BCUT2D eigenvalue weighted by molar-refractivity contribution is 7.98. The fraction of sp³-hybridized carbons (Fsp3) is 0.211. The lowest BCUT2D eigenvalue weighted by atomic mass is 10.2. The Labute approximate surface area is 150 Å². The van der Waals surface area contributed by atoms with Gasteiger partial charge in [0.15, 0.2) is 5.16 Å². The van der Waals surface area contributed by atoms with Crippen LogP contribution in [0.4, 0.5) is 0 Å². The molecular formula is C19H18N4OS. The van der Waals surface area contributed by atoms with Crippen LogP contribution in [-0.2, 0) is 12.2 Å². The van der Waals surface area contributed by atoms with Crippen LogP contribution in [0.3, 0.4) is 0 Å². The molecule has 0 aliphatic heterocycles. The van der Waals surface area contributed by atoms with Gasteiger partial charge in [0.1, 0.15) is 0 Å². The second-order valence-electron chi connectivity index (χ2n) is 5.79. The van der Waals surface area contributed by atoms with Gasteiger partial charge >= 0.3 is 0 Å². The molecule has 0 bridgehead atoms. The predicted octanol–water partition coefficient (Wildman–Crippen LogP) is 4.57. The van der Waals surface area contributed by atoms with Crippen molar-refractivity contribution < 1.29 is 4.42 Å². The van der Waals surface area contributed by atoms with Crippen LogP contribution in [0.5, 0.6) is 0 Å². The first-order chi connectivity index (χ1) is 12.2. The third-order valence-corrected chi connectivity index (χ3v) is 4.88. The maximum atomic E-state index is 5.61. The quantitative estimate of drug-likeness (QED) is 0.493. The van der Waals surface area contributed by atoms with Gasteiger partial charge in [0.25, 0.3) is 0 Å². The molecule has 0 saturated carbocycles. The highest BCUT2D eigenvalue weighted by Gasteiger charge is 2.14. The lowest BCUT2D eigenvalue weighted by Gasteiger charge is -2.08. The molecule has 6 heteroatoms. The number of imidazole rings is 1. The lowest BCUT2D eigenvalue weighted by molar-refractivity contribution is 0.470. The number of benzene rings is 2. The third-order valence-electron chi connectivity index (χ3n) is 3.96. The Morgan fingerprint density at radius 2 is 1.76 bits per heavy atom. The van der Waals surface area contributed by atoms with E-state index in [1.807, 2.05) is 25.1 Å². The van der Waals surface area contributed by atoms with Gasteiger partial charge in [-0.2, -0.15) is 0 Å². The minimum Gasteiger partial charge on any atom is -0.424 e. The molecule has 0 radical (unpaired) electrons. The van der Waals surface area contributed by atoms with Crippen molar-refractivity contribution in [2.24, 2.45) is 0 Å². The van der Waals surface area contributed by atoms with Crippen molar-refractivity contribution in [3.8, 4) is 5.69 Å². The second kappa shape index (κ2) is 6.72. The van der Waals surface area contributed by atoms with E-state index in [0.717, 1.165) is 28.3 Å². The molecule has 0 unspecified atom stereocenters. The van der Waals surface area contributed by atoms with Crippen molar-refractivity contribution in [2.45, 2.75) is 31.2 Å². The Bertz CT molecular complexity index is 1000. The molecule has 5 nitrogen and oxygen atoms in total. The molecule has 0 aliphatic rings. The van der Waals surface area contributed by atoms with Crippen LogP contribution in [0.2, 0.25) is 0 Å². The average Bonchev–Trinajstić information content (AvgIpc) is 3.24. The molecule has 2 aromatic carbocycles. The average molecular weight is 350 g/mol. The summed E-state index contributed by atoms with van der Waals surface area (Å²) in [5.41, 5.74) is 4.40. The molecule has 0 amide bonds. The van der Waals surface area contributed by atoms with Gasteiger partial charge in [0.05, 0.1) is 16.8 Å². The van der Waals surface area contributed by atoms with E-state index in [1.54, 1.807) is 11.8 Å². The van der Waals surface area contributed by atoms with E-state index in [2.05, 4.69) is 52.0 Å². The fourth-order valence-corrected chi connectivity index (χ4v) is 3.52. The van der Waals surface area contributed by atoms with Crippen LogP contribution >= 0.6 is 11.8 Å². The standard InChI is InChI=1S/C19H18N4OS/c1-3-17-21-22-18(24-17)12-25-19-20-15-6-4-5-7-16(15)23(19)14-10-8-13(2)9-11-14/h4-11H,3,12H2,1-2H3.